The highest BCUT2D eigenvalue weighted by Crippen LogP contribution is 2.29. The smallest absolute Gasteiger partial charge is 0.338 e. The maximum absolute atomic E-state index is 12.2. The standard InChI is InChI=1S/C20H16BrClN2O5/c1-11-8-14(21)15(22)9-16(11)23-17(25)10-29-20(28)12-2-4-13(5-3-12)24-18(26)6-7-19(24)27/h2-5,8-9H,6-7,10H2,1H3,(H,23,25). The first-order valence-corrected chi connectivity index (χ1v) is 9.82. The molecule has 0 spiro atoms. The molecule has 0 aliphatic carbocycles. The number of halogens is 2. The Morgan fingerprint density at radius 3 is 2.38 bits per heavy atom. The molecule has 1 fully saturated rings. The monoisotopic (exact) mass is 478 g/mol. The van der Waals surface area contributed by atoms with Crippen molar-refractivity contribution in [2.45, 2.75) is 19.8 Å². The predicted molar refractivity (Wildman–Crippen MR) is 111 cm³/mol. The van der Waals surface area contributed by atoms with Crippen molar-refractivity contribution in [3.8, 4) is 0 Å². The number of ether oxygens (including phenoxy) is 1. The molecule has 3 rings (SSSR count). The number of rotatable bonds is 5. The van der Waals surface area contributed by atoms with Crippen LogP contribution in [-0.2, 0) is 19.1 Å². The quantitative estimate of drug-likeness (QED) is 0.519. The van der Waals surface area contributed by atoms with Crippen LogP contribution >= 0.6 is 27.5 Å². The summed E-state index contributed by atoms with van der Waals surface area (Å²) >= 11 is 9.33. The van der Waals surface area contributed by atoms with Gasteiger partial charge in [-0.15, -0.1) is 0 Å². The van der Waals surface area contributed by atoms with Crippen LogP contribution in [0.2, 0.25) is 5.02 Å². The Morgan fingerprint density at radius 2 is 1.76 bits per heavy atom. The average molecular weight is 480 g/mol. The summed E-state index contributed by atoms with van der Waals surface area (Å²) in [5, 5.41) is 3.08. The number of esters is 1. The van der Waals surface area contributed by atoms with Gasteiger partial charge >= 0.3 is 5.97 Å². The number of carbonyl (C=O) groups excluding carboxylic acids is 4. The summed E-state index contributed by atoms with van der Waals surface area (Å²) < 4.78 is 5.73. The fourth-order valence-electron chi connectivity index (χ4n) is 2.79. The Labute approximate surface area is 180 Å². The number of hydrogen-bond acceptors (Lipinski definition) is 5. The van der Waals surface area contributed by atoms with Crippen molar-refractivity contribution in [3.05, 3.63) is 57.0 Å². The SMILES string of the molecule is Cc1cc(Br)c(Cl)cc1NC(=O)COC(=O)c1ccc(N2C(=O)CCC2=O)cc1. The average Bonchev–Trinajstić information content (AvgIpc) is 3.02. The fourth-order valence-corrected chi connectivity index (χ4v) is 3.41. The number of hydrogen-bond donors (Lipinski definition) is 1. The number of carbonyl (C=O) groups is 4. The first kappa shape index (κ1) is 21.0. The van der Waals surface area contributed by atoms with Gasteiger partial charge in [-0.1, -0.05) is 11.6 Å². The lowest BCUT2D eigenvalue weighted by molar-refractivity contribution is -0.121. The molecular formula is C20H16BrClN2O5. The zero-order valence-electron chi connectivity index (χ0n) is 15.3. The Hall–Kier alpha value is -2.71. The van der Waals surface area contributed by atoms with Crippen molar-refractivity contribution in [2.24, 2.45) is 0 Å². The zero-order chi connectivity index (χ0) is 21.1. The molecule has 150 valence electrons. The summed E-state index contributed by atoms with van der Waals surface area (Å²) in [6.45, 7) is 1.33. The van der Waals surface area contributed by atoms with Crippen LogP contribution in [0.25, 0.3) is 0 Å². The lowest BCUT2D eigenvalue weighted by atomic mass is 10.2. The summed E-state index contributed by atoms with van der Waals surface area (Å²) in [7, 11) is 0. The molecule has 3 amide bonds. The number of amides is 3. The number of nitrogens with zero attached hydrogens (tertiary/aromatic N) is 1. The highest BCUT2D eigenvalue weighted by atomic mass is 79.9. The molecule has 7 nitrogen and oxygen atoms in total. The third-order valence-corrected chi connectivity index (χ3v) is 5.49. The van der Waals surface area contributed by atoms with E-state index in [0.717, 1.165) is 10.5 Å². The van der Waals surface area contributed by atoms with Gasteiger partial charge in [0.15, 0.2) is 6.61 Å². The van der Waals surface area contributed by atoms with Crippen molar-refractivity contribution >= 4 is 62.6 Å². The number of anilines is 2. The van der Waals surface area contributed by atoms with Crippen LogP contribution in [-0.4, -0.2) is 30.3 Å². The molecule has 2 aromatic carbocycles. The minimum Gasteiger partial charge on any atom is -0.452 e. The Morgan fingerprint density at radius 1 is 1.14 bits per heavy atom. The molecule has 0 atom stereocenters. The van der Waals surface area contributed by atoms with E-state index in [1.54, 1.807) is 19.1 Å². The molecule has 2 aromatic rings. The molecular weight excluding hydrogens is 464 g/mol. The predicted octanol–water partition coefficient (Wildman–Crippen LogP) is 3.86. The van der Waals surface area contributed by atoms with Crippen LogP contribution < -0.4 is 10.2 Å². The molecule has 9 heteroatoms. The van der Waals surface area contributed by atoms with E-state index in [1.165, 1.54) is 24.3 Å². The summed E-state index contributed by atoms with van der Waals surface area (Å²) in [6, 6.07) is 9.22. The van der Waals surface area contributed by atoms with E-state index in [9.17, 15) is 19.2 Å². The first-order valence-electron chi connectivity index (χ1n) is 8.64. The largest absolute Gasteiger partial charge is 0.452 e. The maximum atomic E-state index is 12.2. The van der Waals surface area contributed by atoms with Gasteiger partial charge < -0.3 is 10.1 Å². The second-order valence-electron chi connectivity index (χ2n) is 6.38. The van der Waals surface area contributed by atoms with E-state index in [1.807, 2.05) is 0 Å². The van der Waals surface area contributed by atoms with Crippen molar-refractivity contribution in [2.75, 3.05) is 16.8 Å². The Balaban J connectivity index is 1.58. The summed E-state index contributed by atoms with van der Waals surface area (Å²) in [5.41, 5.74) is 1.91. The van der Waals surface area contributed by atoms with Crippen LogP contribution in [0.4, 0.5) is 11.4 Å². The first-order chi connectivity index (χ1) is 13.8. The van der Waals surface area contributed by atoms with E-state index < -0.39 is 18.5 Å². The molecule has 0 saturated carbocycles. The van der Waals surface area contributed by atoms with E-state index >= 15 is 0 Å². The molecule has 0 unspecified atom stereocenters. The van der Waals surface area contributed by atoms with E-state index in [2.05, 4.69) is 21.2 Å². The minimum absolute atomic E-state index is 0.181. The highest BCUT2D eigenvalue weighted by Gasteiger charge is 2.30. The second kappa shape index (κ2) is 8.75. The Kier molecular flexibility index (Phi) is 6.34. The topological polar surface area (TPSA) is 92.8 Å². The molecule has 29 heavy (non-hydrogen) atoms. The van der Waals surface area contributed by atoms with Gasteiger partial charge in [0, 0.05) is 23.0 Å². The molecule has 0 bridgehead atoms. The van der Waals surface area contributed by atoms with Gasteiger partial charge in [0.05, 0.1) is 16.3 Å². The molecule has 1 aliphatic heterocycles. The van der Waals surface area contributed by atoms with Gasteiger partial charge in [-0.3, -0.25) is 19.3 Å². The zero-order valence-corrected chi connectivity index (χ0v) is 17.7. The maximum Gasteiger partial charge on any atom is 0.338 e. The van der Waals surface area contributed by atoms with Crippen LogP contribution in [0.3, 0.4) is 0 Å². The minimum atomic E-state index is -0.698. The number of aryl methyl sites for hydroxylation is 1. The second-order valence-corrected chi connectivity index (χ2v) is 7.64. The molecule has 0 radical (unpaired) electrons. The number of imide groups is 1. The highest BCUT2D eigenvalue weighted by molar-refractivity contribution is 9.10. The van der Waals surface area contributed by atoms with E-state index in [0.29, 0.717) is 20.9 Å². The van der Waals surface area contributed by atoms with Gasteiger partial charge in [0.25, 0.3) is 5.91 Å². The summed E-state index contributed by atoms with van der Waals surface area (Å²) in [4.78, 5) is 48.8. The Bertz CT molecular complexity index is 991. The van der Waals surface area contributed by atoms with Crippen LogP contribution in [0.5, 0.6) is 0 Å². The van der Waals surface area contributed by atoms with Crippen molar-refractivity contribution < 1.29 is 23.9 Å². The lowest BCUT2D eigenvalue weighted by Gasteiger charge is -2.14. The normalized spacial score (nSPS) is 13.6. The molecule has 1 N–H and O–H groups in total. The van der Waals surface area contributed by atoms with E-state index in [-0.39, 0.29) is 30.2 Å². The van der Waals surface area contributed by atoms with Crippen LogP contribution in [0, 0.1) is 6.92 Å². The van der Waals surface area contributed by atoms with Crippen molar-refractivity contribution in [1.82, 2.24) is 0 Å². The summed E-state index contributed by atoms with van der Waals surface area (Å²) in [6.07, 6.45) is 0.363. The van der Waals surface area contributed by atoms with Gasteiger partial charge in [0.2, 0.25) is 11.8 Å². The van der Waals surface area contributed by atoms with E-state index in [4.69, 9.17) is 16.3 Å². The number of benzene rings is 2. The molecule has 1 heterocycles. The van der Waals surface area contributed by atoms with Crippen molar-refractivity contribution in [3.63, 3.8) is 0 Å². The third-order valence-electron chi connectivity index (χ3n) is 4.29. The van der Waals surface area contributed by atoms with Gasteiger partial charge in [-0.2, -0.15) is 0 Å². The molecule has 1 saturated heterocycles. The van der Waals surface area contributed by atoms with Gasteiger partial charge in [-0.25, -0.2) is 4.79 Å². The third kappa shape index (κ3) is 4.83. The van der Waals surface area contributed by atoms with Crippen LogP contribution in [0.15, 0.2) is 40.9 Å². The fraction of sp³-hybridized carbons (Fsp3) is 0.200. The lowest BCUT2D eigenvalue weighted by Crippen LogP contribution is -2.28. The molecule has 1 aliphatic rings. The van der Waals surface area contributed by atoms with Crippen molar-refractivity contribution in [1.29, 1.82) is 0 Å². The summed E-state index contributed by atoms with van der Waals surface area (Å²) in [5.74, 6) is -1.75. The van der Waals surface area contributed by atoms with Gasteiger partial charge in [-0.05, 0) is 64.8 Å². The molecule has 0 aromatic heterocycles. The van der Waals surface area contributed by atoms with Crippen LogP contribution in [0.1, 0.15) is 28.8 Å². The van der Waals surface area contributed by atoms with Gasteiger partial charge in [0.1, 0.15) is 0 Å². The number of nitrogens with one attached hydrogen (secondary N) is 1.